The van der Waals surface area contributed by atoms with Crippen LogP contribution >= 0.6 is 0 Å². The smallest absolute Gasteiger partial charge is 0.399 e. The van der Waals surface area contributed by atoms with Gasteiger partial charge in [-0.05, 0) is 67.7 Å². The van der Waals surface area contributed by atoms with E-state index in [0.717, 1.165) is 50.3 Å². The predicted octanol–water partition coefficient (Wildman–Crippen LogP) is 3.73. The number of piperidine rings is 1. The largest absolute Gasteiger partial charge is 0.416 e. The van der Waals surface area contributed by atoms with Gasteiger partial charge in [0.05, 0.1) is 12.1 Å². The van der Waals surface area contributed by atoms with Crippen molar-refractivity contribution in [2.24, 2.45) is 5.92 Å². The number of anilines is 2. The fraction of sp³-hybridized carbons (Fsp3) is 0.409. The molecule has 0 unspecified atom stereocenters. The molecule has 4 N–H and O–H groups in total. The third-order valence-electron chi connectivity index (χ3n) is 5.32. The van der Waals surface area contributed by atoms with Gasteiger partial charge in [-0.1, -0.05) is 18.2 Å². The van der Waals surface area contributed by atoms with Gasteiger partial charge in [0.15, 0.2) is 0 Å². The third-order valence-corrected chi connectivity index (χ3v) is 5.32. The lowest BCUT2D eigenvalue weighted by Gasteiger charge is -2.32. The summed E-state index contributed by atoms with van der Waals surface area (Å²) in [7, 11) is 0. The molecule has 0 bridgehead atoms. The Bertz CT molecular complexity index is 831. The van der Waals surface area contributed by atoms with Crippen LogP contribution in [0.1, 0.15) is 24.0 Å². The maximum absolute atomic E-state index is 12.7. The van der Waals surface area contributed by atoms with Crippen LogP contribution in [0.2, 0.25) is 0 Å². The Balaban J connectivity index is 1.35. The van der Waals surface area contributed by atoms with E-state index in [1.165, 1.54) is 17.7 Å². The average Bonchev–Trinajstić information content (AvgIpc) is 2.73. The number of carbonyl (C=O) groups excluding carboxylic acids is 1. The molecule has 0 spiro atoms. The molecule has 30 heavy (non-hydrogen) atoms. The van der Waals surface area contributed by atoms with Crippen molar-refractivity contribution in [3.05, 3.63) is 59.7 Å². The summed E-state index contributed by atoms with van der Waals surface area (Å²) in [6.07, 6.45) is -2.41. The molecule has 1 saturated heterocycles. The second-order valence-electron chi connectivity index (χ2n) is 7.70. The molecule has 162 valence electrons. The summed E-state index contributed by atoms with van der Waals surface area (Å²) >= 11 is 0. The Morgan fingerprint density at radius 1 is 1.10 bits per heavy atom. The normalized spacial score (nSPS) is 15.7. The molecular weight excluding hydrogens is 393 g/mol. The summed E-state index contributed by atoms with van der Waals surface area (Å²) in [5, 5.41) is 5.64. The average molecular weight is 420 g/mol. The van der Waals surface area contributed by atoms with Crippen molar-refractivity contribution < 1.29 is 18.0 Å². The second-order valence-corrected chi connectivity index (χ2v) is 7.70. The molecule has 3 rings (SSSR count). The van der Waals surface area contributed by atoms with Gasteiger partial charge in [-0.15, -0.1) is 0 Å². The van der Waals surface area contributed by atoms with Crippen LogP contribution in [0.25, 0.3) is 0 Å². The van der Waals surface area contributed by atoms with Gasteiger partial charge in [-0.3, -0.25) is 9.69 Å². The highest BCUT2D eigenvalue weighted by atomic mass is 19.4. The monoisotopic (exact) mass is 420 g/mol. The number of nitrogens with two attached hydrogens (primary N) is 1. The quantitative estimate of drug-likeness (QED) is 0.597. The molecule has 8 heteroatoms. The van der Waals surface area contributed by atoms with Crippen LogP contribution in [0.5, 0.6) is 0 Å². The molecule has 1 aliphatic rings. The number of alkyl halides is 3. The molecule has 5 nitrogen and oxygen atoms in total. The first-order valence-electron chi connectivity index (χ1n) is 10.0. The molecule has 0 aliphatic carbocycles. The summed E-state index contributed by atoms with van der Waals surface area (Å²) in [5.74, 6) is 0.182. The van der Waals surface area contributed by atoms with Gasteiger partial charge in [-0.25, -0.2) is 0 Å². The van der Waals surface area contributed by atoms with E-state index in [4.69, 9.17) is 5.73 Å². The molecule has 0 atom stereocenters. The molecule has 0 radical (unpaired) electrons. The van der Waals surface area contributed by atoms with Crippen molar-refractivity contribution in [1.29, 1.82) is 0 Å². The highest BCUT2D eigenvalue weighted by Crippen LogP contribution is 2.30. The minimum atomic E-state index is -4.40. The van der Waals surface area contributed by atoms with Gasteiger partial charge < -0.3 is 16.4 Å². The standard InChI is InChI=1S/C22H27F3N4O/c23-22(24,25)18-2-1-3-20(12-18)27-14-21(30)28-13-16-8-10-29(11-9-16)15-17-4-6-19(26)7-5-17/h1-7,12,16,27H,8-11,13-15,26H2,(H,28,30). The van der Waals surface area contributed by atoms with Crippen LogP contribution in [0.15, 0.2) is 48.5 Å². The van der Waals surface area contributed by atoms with E-state index in [1.54, 1.807) is 0 Å². The van der Waals surface area contributed by atoms with E-state index in [0.29, 0.717) is 12.5 Å². The summed E-state index contributed by atoms with van der Waals surface area (Å²) in [6.45, 7) is 3.34. The Hall–Kier alpha value is -2.74. The van der Waals surface area contributed by atoms with Crippen molar-refractivity contribution in [2.75, 3.05) is 37.2 Å². The van der Waals surface area contributed by atoms with Gasteiger partial charge in [0.1, 0.15) is 0 Å². The first kappa shape index (κ1) is 22.0. The van der Waals surface area contributed by atoms with E-state index in [-0.39, 0.29) is 18.1 Å². The van der Waals surface area contributed by atoms with Crippen molar-refractivity contribution >= 4 is 17.3 Å². The van der Waals surface area contributed by atoms with Crippen molar-refractivity contribution in [1.82, 2.24) is 10.2 Å². The Kier molecular flexibility index (Phi) is 7.20. The van der Waals surface area contributed by atoms with Gasteiger partial charge in [-0.2, -0.15) is 13.2 Å². The molecule has 1 aliphatic heterocycles. The minimum absolute atomic E-state index is 0.0582. The Morgan fingerprint density at radius 2 is 1.80 bits per heavy atom. The number of hydrogen-bond donors (Lipinski definition) is 3. The number of hydrogen-bond acceptors (Lipinski definition) is 4. The summed E-state index contributed by atoms with van der Waals surface area (Å²) in [6, 6.07) is 12.7. The number of nitrogens with one attached hydrogen (secondary N) is 2. The number of nitrogens with zero attached hydrogens (tertiary/aromatic N) is 1. The fourth-order valence-electron chi connectivity index (χ4n) is 3.54. The lowest BCUT2D eigenvalue weighted by Crippen LogP contribution is -2.39. The zero-order chi connectivity index (χ0) is 21.6. The fourth-order valence-corrected chi connectivity index (χ4v) is 3.54. The van der Waals surface area contributed by atoms with Crippen LogP contribution in [-0.4, -0.2) is 37.0 Å². The lowest BCUT2D eigenvalue weighted by atomic mass is 9.96. The number of likely N-dealkylation sites (tertiary alicyclic amines) is 1. The van der Waals surface area contributed by atoms with Gasteiger partial charge in [0.25, 0.3) is 0 Å². The first-order valence-corrected chi connectivity index (χ1v) is 10.0. The number of benzene rings is 2. The molecule has 1 fully saturated rings. The van der Waals surface area contributed by atoms with E-state index in [1.807, 2.05) is 24.3 Å². The third kappa shape index (κ3) is 6.66. The Morgan fingerprint density at radius 3 is 2.47 bits per heavy atom. The summed E-state index contributed by atoms with van der Waals surface area (Å²) in [4.78, 5) is 14.4. The molecule has 2 aromatic carbocycles. The molecule has 1 heterocycles. The van der Waals surface area contributed by atoms with Crippen molar-refractivity contribution in [3.8, 4) is 0 Å². The first-order chi connectivity index (χ1) is 14.3. The number of halogens is 3. The van der Waals surface area contributed by atoms with Crippen LogP contribution in [-0.2, 0) is 17.5 Å². The van der Waals surface area contributed by atoms with E-state index >= 15 is 0 Å². The van der Waals surface area contributed by atoms with E-state index < -0.39 is 11.7 Å². The van der Waals surface area contributed by atoms with Crippen LogP contribution in [0.3, 0.4) is 0 Å². The molecule has 2 aromatic rings. The van der Waals surface area contributed by atoms with Crippen molar-refractivity contribution in [3.63, 3.8) is 0 Å². The number of carbonyl (C=O) groups is 1. The predicted molar refractivity (Wildman–Crippen MR) is 112 cm³/mol. The number of amides is 1. The maximum atomic E-state index is 12.7. The van der Waals surface area contributed by atoms with Gasteiger partial charge >= 0.3 is 6.18 Å². The van der Waals surface area contributed by atoms with E-state index in [9.17, 15) is 18.0 Å². The van der Waals surface area contributed by atoms with Gasteiger partial charge in [0.2, 0.25) is 5.91 Å². The molecular formula is C22H27F3N4O. The van der Waals surface area contributed by atoms with Gasteiger partial charge in [0, 0.05) is 24.5 Å². The lowest BCUT2D eigenvalue weighted by molar-refractivity contribution is -0.137. The summed E-state index contributed by atoms with van der Waals surface area (Å²) < 4.78 is 38.2. The zero-order valence-corrected chi connectivity index (χ0v) is 16.7. The van der Waals surface area contributed by atoms with Crippen LogP contribution in [0, 0.1) is 5.92 Å². The Labute approximate surface area is 174 Å². The molecule has 1 amide bonds. The van der Waals surface area contributed by atoms with Crippen LogP contribution in [0.4, 0.5) is 24.5 Å². The number of rotatable bonds is 7. The van der Waals surface area contributed by atoms with E-state index in [2.05, 4.69) is 15.5 Å². The van der Waals surface area contributed by atoms with Crippen molar-refractivity contribution in [2.45, 2.75) is 25.6 Å². The minimum Gasteiger partial charge on any atom is -0.399 e. The molecule has 0 aromatic heterocycles. The second kappa shape index (κ2) is 9.84. The SMILES string of the molecule is Nc1ccc(CN2CCC(CNC(=O)CNc3cccc(C(F)(F)F)c3)CC2)cc1. The number of nitrogen functional groups attached to an aromatic ring is 1. The highest BCUT2D eigenvalue weighted by Gasteiger charge is 2.30. The summed E-state index contributed by atoms with van der Waals surface area (Å²) in [5.41, 5.74) is 7.25. The zero-order valence-electron chi connectivity index (χ0n) is 16.7. The molecule has 0 saturated carbocycles. The topological polar surface area (TPSA) is 70.4 Å². The maximum Gasteiger partial charge on any atom is 0.416 e. The van der Waals surface area contributed by atoms with Crippen LogP contribution < -0.4 is 16.4 Å². The highest BCUT2D eigenvalue weighted by molar-refractivity contribution is 5.80.